The molecule has 0 spiro atoms. The molecule has 2 rings (SSSR count). The predicted molar refractivity (Wildman–Crippen MR) is 79.3 cm³/mol. The van der Waals surface area contributed by atoms with Crippen LogP contribution in [0.1, 0.15) is 47.5 Å². The maximum absolute atomic E-state index is 12.5. The molecule has 0 bridgehead atoms. The summed E-state index contributed by atoms with van der Waals surface area (Å²) in [6.45, 7) is 8.94. The average molecular weight is 300 g/mol. The predicted octanol–water partition coefficient (Wildman–Crippen LogP) is 1.11. The van der Waals surface area contributed by atoms with Gasteiger partial charge in [-0.25, -0.2) is 0 Å². The zero-order chi connectivity index (χ0) is 15.3. The van der Waals surface area contributed by atoms with E-state index in [0.717, 1.165) is 6.42 Å². The van der Waals surface area contributed by atoms with Crippen LogP contribution < -0.4 is 5.32 Å². The van der Waals surface area contributed by atoms with Crippen molar-refractivity contribution in [3.05, 3.63) is 0 Å². The highest BCUT2D eigenvalue weighted by atomic mass is 32.2. The quantitative estimate of drug-likeness (QED) is 0.819. The van der Waals surface area contributed by atoms with Crippen molar-refractivity contribution >= 4 is 23.6 Å². The smallest absolute Gasteiger partial charge is 0.244 e. The third-order valence-corrected chi connectivity index (χ3v) is 6.22. The molecule has 0 saturated carbocycles. The third kappa shape index (κ3) is 2.44. The van der Waals surface area contributed by atoms with Crippen LogP contribution >= 0.6 is 11.8 Å². The van der Waals surface area contributed by atoms with Crippen molar-refractivity contribution in [2.75, 3.05) is 5.75 Å². The Morgan fingerprint density at radius 1 is 1.45 bits per heavy atom. The van der Waals surface area contributed by atoms with E-state index in [1.54, 1.807) is 44.4 Å². The highest BCUT2D eigenvalue weighted by Crippen LogP contribution is 2.47. The van der Waals surface area contributed by atoms with Crippen LogP contribution in [0, 0.1) is 0 Å². The molecule has 0 aromatic carbocycles. The Morgan fingerprint density at radius 3 is 2.60 bits per heavy atom. The van der Waals surface area contributed by atoms with Crippen molar-refractivity contribution in [2.45, 2.75) is 69.5 Å². The Morgan fingerprint density at radius 2 is 2.05 bits per heavy atom. The van der Waals surface area contributed by atoms with Crippen molar-refractivity contribution < 1.29 is 14.7 Å². The molecule has 0 aromatic rings. The SMILES string of the molecule is CC12CCC(=O)N1C(C(=O)NC(C)(C)C(C)(C)O)CS2. The molecule has 2 saturated heterocycles. The Hall–Kier alpha value is -0.750. The van der Waals surface area contributed by atoms with Crippen LogP contribution in [0.25, 0.3) is 0 Å². The standard InChI is InChI=1S/C14H24N2O3S/c1-12(2,13(3,4)19)15-11(18)9-8-20-14(5)7-6-10(17)16(9)14/h9,19H,6-8H2,1-5H3,(H,15,18). The summed E-state index contributed by atoms with van der Waals surface area (Å²) in [5.74, 6) is 0.498. The van der Waals surface area contributed by atoms with Gasteiger partial charge in [-0.2, -0.15) is 0 Å². The Bertz CT molecular complexity index is 444. The molecule has 20 heavy (non-hydrogen) atoms. The zero-order valence-electron chi connectivity index (χ0n) is 12.8. The normalized spacial score (nSPS) is 30.6. The van der Waals surface area contributed by atoms with Crippen molar-refractivity contribution in [1.82, 2.24) is 10.2 Å². The second-order valence-corrected chi connectivity index (χ2v) is 8.44. The lowest BCUT2D eigenvalue weighted by molar-refractivity contribution is -0.140. The summed E-state index contributed by atoms with van der Waals surface area (Å²) in [6.07, 6.45) is 1.32. The van der Waals surface area contributed by atoms with Crippen molar-refractivity contribution in [2.24, 2.45) is 0 Å². The van der Waals surface area contributed by atoms with Gasteiger partial charge in [0.2, 0.25) is 11.8 Å². The second-order valence-electron chi connectivity index (χ2n) is 6.94. The summed E-state index contributed by atoms with van der Waals surface area (Å²) in [7, 11) is 0. The number of amides is 2. The molecule has 2 aliphatic rings. The molecule has 2 fully saturated rings. The summed E-state index contributed by atoms with van der Waals surface area (Å²) in [5.41, 5.74) is -1.79. The fraction of sp³-hybridized carbons (Fsp3) is 0.857. The molecule has 2 unspecified atom stereocenters. The molecule has 2 aliphatic heterocycles. The van der Waals surface area contributed by atoms with Gasteiger partial charge in [-0.1, -0.05) is 0 Å². The minimum absolute atomic E-state index is 0.0544. The summed E-state index contributed by atoms with van der Waals surface area (Å²) in [4.78, 5) is 26.0. The zero-order valence-corrected chi connectivity index (χ0v) is 13.6. The number of hydrogen-bond donors (Lipinski definition) is 2. The van der Waals surface area contributed by atoms with Crippen LogP contribution in [0.4, 0.5) is 0 Å². The molecule has 2 atom stereocenters. The van der Waals surface area contributed by atoms with Gasteiger partial charge in [0.15, 0.2) is 0 Å². The summed E-state index contributed by atoms with van der Waals surface area (Å²) in [6, 6.07) is -0.429. The van der Waals surface area contributed by atoms with E-state index >= 15 is 0 Å². The summed E-state index contributed by atoms with van der Waals surface area (Å²) < 4.78 is 0. The minimum Gasteiger partial charge on any atom is -0.388 e. The van der Waals surface area contributed by atoms with Gasteiger partial charge in [-0.3, -0.25) is 9.59 Å². The molecule has 6 heteroatoms. The van der Waals surface area contributed by atoms with Gasteiger partial charge in [0, 0.05) is 12.2 Å². The molecule has 2 amide bonds. The van der Waals surface area contributed by atoms with Gasteiger partial charge in [0.1, 0.15) is 6.04 Å². The second kappa shape index (κ2) is 4.63. The molecular weight excluding hydrogens is 276 g/mol. The lowest BCUT2D eigenvalue weighted by Gasteiger charge is -2.39. The topological polar surface area (TPSA) is 69.6 Å². The lowest BCUT2D eigenvalue weighted by atomic mass is 9.85. The Balaban J connectivity index is 2.13. The van der Waals surface area contributed by atoms with Crippen LogP contribution in [-0.2, 0) is 9.59 Å². The van der Waals surface area contributed by atoms with E-state index in [9.17, 15) is 14.7 Å². The van der Waals surface area contributed by atoms with Crippen LogP contribution in [-0.4, -0.2) is 49.6 Å². The van der Waals surface area contributed by atoms with Gasteiger partial charge in [-0.05, 0) is 41.0 Å². The van der Waals surface area contributed by atoms with E-state index in [-0.39, 0.29) is 16.7 Å². The lowest BCUT2D eigenvalue weighted by Crippen LogP contribution is -2.61. The molecule has 2 heterocycles. The number of carbonyl (C=O) groups is 2. The molecule has 114 valence electrons. The van der Waals surface area contributed by atoms with E-state index in [1.165, 1.54) is 0 Å². The van der Waals surface area contributed by atoms with E-state index < -0.39 is 17.2 Å². The molecule has 2 N–H and O–H groups in total. The number of rotatable bonds is 3. The minimum atomic E-state index is -1.03. The van der Waals surface area contributed by atoms with Crippen molar-refractivity contribution in [1.29, 1.82) is 0 Å². The van der Waals surface area contributed by atoms with Gasteiger partial charge >= 0.3 is 0 Å². The number of carbonyl (C=O) groups excluding carboxylic acids is 2. The molecule has 0 aliphatic carbocycles. The first-order valence-electron chi connectivity index (χ1n) is 6.98. The van der Waals surface area contributed by atoms with Crippen molar-refractivity contribution in [3.8, 4) is 0 Å². The van der Waals surface area contributed by atoms with Gasteiger partial charge in [0.25, 0.3) is 0 Å². The van der Waals surface area contributed by atoms with Crippen LogP contribution in [0.5, 0.6) is 0 Å². The van der Waals surface area contributed by atoms with Gasteiger partial charge < -0.3 is 15.3 Å². The largest absolute Gasteiger partial charge is 0.388 e. The first kappa shape index (κ1) is 15.6. The van der Waals surface area contributed by atoms with E-state index in [2.05, 4.69) is 5.32 Å². The maximum Gasteiger partial charge on any atom is 0.244 e. The third-order valence-electron chi connectivity index (χ3n) is 4.71. The number of nitrogens with one attached hydrogen (secondary N) is 1. The highest BCUT2D eigenvalue weighted by molar-refractivity contribution is 8.01. The summed E-state index contributed by atoms with van der Waals surface area (Å²) in [5, 5.41) is 13.0. The van der Waals surface area contributed by atoms with Crippen LogP contribution in [0.15, 0.2) is 0 Å². The number of aliphatic hydroxyl groups is 1. The average Bonchev–Trinajstić information content (AvgIpc) is 2.75. The number of hydrogen-bond acceptors (Lipinski definition) is 4. The number of thioether (sulfide) groups is 1. The summed E-state index contributed by atoms with van der Waals surface area (Å²) >= 11 is 1.67. The van der Waals surface area contributed by atoms with Gasteiger partial charge in [-0.15, -0.1) is 11.8 Å². The van der Waals surface area contributed by atoms with E-state index in [1.807, 2.05) is 6.92 Å². The van der Waals surface area contributed by atoms with Gasteiger partial charge in [0.05, 0.1) is 16.0 Å². The van der Waals surface area contributed by atoms with E-state index in [0.29, 0.717) is 12.2 Å². The fourth-order valence-corrected chi connectivity index (χ4v) is 3.99. The Kier molecular flexibility index (Phi) is 3.62. The maximum atomic E-state index is 12.5. The molecule has 5 nitrogen and oxygen atoms in total. The first-order chi connectivity index (χ1) is 8.98. The molecule has 0 aromatic heterocycles. The van der Waals surface area contributed by atoms with E-state index in [4.69, 9.17) is 0 Å². The molecule has 0 radical (unpaired) electrons. The number of nitrogens with zero attached hydrogens (tertiary/aromatic N) is 1. The van der Waals surface area contributed by atoms with Crippen LogP contribution in [0.3, 0.4) is 0 Å². The van der Waals surface area contributed by atoms with Crippen molar-refractivity contribution in [3.63, 3.8) is 0 Å². The fourth-order valence-electron chi connectivity index (χ4n) is 2.56. The van der Waals surface area contributed by atoms with Crippen LogP contribution in [0.2, 0.25) is 0 Å². The highest BCUT2D eigenvalue weighted by Gasteiger charge is 2.53. The first-order valence-corrected chi connectivity index (χ1v) is 7.97. The Labute approximate surface area is 124 Å². The number of fused-ring (bicyclic) bond motifs is 1. The monoisotopic (exact) mass is 300 g/mol. The molecular formula is C14H24N2O3S.